The van der Waals surface area contributed by atoms with Crippen LogP contribution in [-0.4, -0.2) is 30.5 Å². The van der Waals surface area contributed by atoms with Gasteiger partial charge in [0, 0.05) is 6.20 Å². The molecule has 0 radical (unpaired) electrons. The zero-order chi connectivity index (χ0) is 16.2. The van der Waals surface area contributed by atoms with Crippen LogP contribution >= 0.6 is 0 Å². The highest BCUT2D eigenvalue weighted by atomic mass is 32.2. The van der Waals surface area contributed by atoms with E-state index in [9.17, 15) is 13.2 Å². The molecular formula is C13H17N3O4S. The molecule has 8 heteroatoms. The number of carbonyl (C=O) groups is 1. The number of nitriles is 1. The molecule has 0 unspecified atom stereocenters. The summed E-state index contributed by atoms with van der Waals surface area (Å²) in [4.78, 5) is 14.7. The number of hydrogen-bond donors (Lipinski definition) is 2. The molecule has 1 aromatic rings. The van der Waals surface area contributed by atoms with Gasteiger partial charge in [-0.1, -0.05) is 13.8 Å². The number of carboxylic acids is 1. The molecular weight excluding hydrogens is 294 g/mol. The van der Waals surface area contributed by atoms with Crippen molar-refractivity contribution in [1.82, 2.24) is 9.71 Å². The average molecular weight is 311 g/mol. The predicted octanol–water partition coefficient (Wildman–Crippen LogP) is 1.04. The topological polar surface area (TPSA) is 120 Å². The summed E-state index contributed by atoms with van der Waals surface area (Å²) in [6.07, 6.45) is 1.27. The van der Waals surface area contributed by atoms with E-state index >= 15 is 0 Å². The number of aryl methyl sites for hydroxylation is 1. The van der Waals surface area contributed by atoms with E-state index in [1.807, 2.05) is 6.07 Å². The van der Waals surface area contributed by atoms with Crippen molar-refractivity contribution in [2.24, 2.45) is 5.92 Å². The first kappa shape index (κ1) is 17.1. The highest BCUT2D eigenvalue weighted by Crippen LogP contribution is 2.14. The molecule has 0 saturated carbocycles. The first-order valence-corrected chi connectivity index (χ1v) is 7.77. The van der Waals surface area contributed by atoms with E-state index in [4.69, 9.17) is 10.4 Å². The number of carboxylic acid groups (broad SMARTS) is 1. The van der Waals surface area contributed by atoms with Crippen LogP contribution in [0.1, 0.15) is 31.5 Å². The number of aromatic nitrogens is 1. The van der Waals surface area contributed by atoms with Crippen molar-refractivity contribution in [3.8, 4) is 6.07 Å². The number of hydrogen-bond acceptors (Lipinski definition) is 5. The number of rotatable bonds is 6. The smallest absolute Gasteiger partial charge is 0.321 e. The summed E-state index contributed by atoms with van der Waals surface area (Å²) in [5.74, 6) is -1.23. The van der Waals surface area contributed by atoms with Crippen molar-refractivity contribution in [2.75, 3.05) is 0 Å². The van der Waals surface area contributed by atoms with Crippen molar-refractivity contribution >= 4 is 16.0 Å². The Morgan fingerprint density at radius 2 is 2.14 bits per heavy atom. The number of nitrogens with zero attached hydrogens (tertiary/aromatic N) is 2. The normalized spacial score (nSPS) is 12.9. The maximum Gasteiger partial charge on any atom is 0.321 e. The van der Waals surface area contributed by atoms with E-state index in [2.05, 4.69) is 9.71 Å². The van der Waals surface area contributed by atoms with Crippen molar-refractivity contribution in [3.05, 3.63) is 23.5 Å². The molecule has 0 saturated heterocycles. The van der Waals surface area contributed by atoms with Gasteiger partial charge in [-0.15, -0.1) is 0 Å². The SMILES string of the molecule is Cc1ncc(S(=O)(=O)N[C@H](CC(C)C)C(=O)O)cc1C#N. The van der Waals surface area contributed by atoms with Crippen molar-refractivity contribution in [2.45, 2.75) is 38.1 Å². The average Bonchev–Trinajstić information content (AvgIpc) is 2.37. The van der Waals surface area contributed by atoms with Crippen molar-refractivity contribution < 1.29 is 18.3 Å². The Balaban J connectivity index is 3.11. The molecule has 0 aliphatic rings. The number of aliphatic carboxylic acids is 1. The Hall–Kier alpha value is -1.98. The Labute approximate surface area is 123 Å². The minimum atomic E-state index is -4.04. The second kappa shape index (κ2) is 6.65. The molecule has 0 aliphatic carbocycles. The summed E-state index contributed by atoms with van der Waals surface area (Å²) in [5, 5.41) is 18.0. The fourth-order valence-electron chi connectivity index (χ4n) is 1.70. The van der Waals surface area contributed by atoms with Crippen LogP contribution in [0, 0.1) is 24.2 Å². The summed E-state index contributed by atoms with van der Waals surface area (Å²) >= 11 is 0. The van der Waals surface area contributed by atoms with E-state index in [1.54, 1.807) is 20.8 Å². The minimum Gasteiger partial charge on any atom is -0.480 e. The lowest BCUT2D eigenvalue weighted by Crippen LogP contribution is -2.41. The van der Waals surface area contributed by atoms with E-state index in [-0.39, 0.29) is 22.8 Å². The van der Waals surface area contributed by atoms with Gasteiger partial charge >= 0.3 is 5.97 Å². The first-order valence-electron chi connectivity index (χ1n) is 6.29. The van der Waals surface area contributed by atoms with Crippen LogP contribution in [0.15, 0.2) is 17.2 Å². The lowest BCUT2D eigenvalue weighted by atomic mass is 10.1. The van der Waals surface area contributed by atoms with Crippen LogP contribution in [-0.2, 0) is 14.8 Å². The van der Waals surface area contributed by atoms with Crippen LogP contribution < -0.4 is 4.72 Å². The molecule has 1 atom stereocenters. The fourth-order valence-corrected chi connectivity index (χ4v) is 2.87. The van der Waals surface area contributed by atoms with Crippen LogP contribution in [0.25, 0.3) is 0 Å². The zero-order valence-corrected chi connectivity index (χ0v) is 12.8. The lowest BCUT2D eigenvalue weighted by Gasteiger charge is -2.16. The molecule has 114 valence electrons. The van der Waals surface area contributed by atoms with Gasteiger partial charge in [-0.2, -0.15) is 9.98 Å². The van der Waals surface area contributed by atoms with Gasteiger partial charge in [-0.05, 0) is 25.3 Å². The van der Waals surface area contributed by atoms with E-state index in [0.717, 1.165) is 6.20 Å². The summed E-state index contributed by atoms with van der Waals surface area (Å²) in [5.41, 5.74) is 0.544. The largest absolute Gasteiger partial charge is 0.480 e. The monoisotopic (exact) mass is 311 g/mol. The molecule has 0 aromatic carbocycles. The molecule has 2 N–H and O–H groups in total. The molecule has 7 nitrogen and oxygen atoms in total. The maximum absolute atomic E-state index is 12.2. The minimum absolute atomic E-state index is 0.0135. The van der Waals surface area contributed by atoms with Gasteiger partial charge in [0.2, 0.25) is 10.0 Å². The van der Waals surface area contributed by atoms with Gasteiger partial charge in [0.05, 0.1) is 11.3 Å². The van der Waals surface area contributed by atoms with Gasteiger partial charge in [0.15, 0.2) is 0 Å². The third-order valence-corrected chi connectivity index (χ3v) is 4.23. The molecule has 0 amide bonds. The van der Waals surface area contributed by atoms with E-state index in [1.165, 1.54) is 6.07 Å². The van der Waals surface area contributed by atoms with Crippen LogP contribution in [0.2, 0.25) is 0 Å². The van der Waals surface area contributed by atoms with Gasteiger partial charge in [-0.25, -0.2) is 8.42 Å². The molecule has 0 bridgehead atoms. The highest BCUT2D eigenvalue weighted by Gasteiger charge is 2.26. The fraction of sp³-hybridized carbons (Fsp3) is 0.462. The predicted molar refractivity (Wildman–Crippen MR) is 74.9 cm³/mol. The van der Waals surface area contributed by atoms with Gasteiger partial charge in [0.1, 0.15) is 17.0 Å². The molecule has 0 aliphatic heterocycles. The number of sulfonamides is 1. The first-order chi connectivity index (χ1) is 9.67. The maximum atomic E-state index is 12.2. The third kappa shape index (κ3) is 4.51. The molecule has 1 aromatic heterocycles. The van der Waals surface area contributed by atoms with Crippen molar-refractivity contribution in [1.29, 1.82) is 5.26 Å². The molecule has 0 fully saturated rings. The second-order valence-corrected chi connectivity index (χ2v) is 6.77. The van der Waals surface area contributed by atoms with Crippen molar-refractivity contribution in [3.63, 3.8) is 0 Å². The highest BCUT2D eigenvalue weighted by molar-refractivity contribution is 7.89. The molecule has 1 rings (SSSR count). The summed E-state index contributed by atoms with van der Waals surface area (Å²) in [6.45, 7) is 5.18. The van der Waals surface area contributed by atoms with E-state index < -0.39 is 22.0 Å². The summed E-state index contributed by atoms with van der Waals surface area (Å²) in [6, 6.07) is 1.80. The van der Waals surface area contributed by atoms with Crippen LogP contribution in [0.5, 0.6) is 0 Å². The van der Waals surface area contributed by atoms with Crippen LogP contribution in [0.4, 0.5) is 0 Å². The standard InChI is InChI=1S/C13H17N3O4S/c1-8(2)4-12(13(17)18)16-21(19,20)11-5-10(6-14)9(3)15-7-11/h5,7-8,12,16H,4H2,1-3H3,(H,17,18)/t12-/m1/s1. The Kier molecular flexibility index (Phi) is 5.41. The lowest BCUT2D eigenvalue weighted by molar-refractivity contribution is -0.139. The molecule has 0 spiro atoms. The Morgan fingerprint density at radius 1 is 1.52 bits per heavy atom. The van der Waals surface area contributed by atoms with Gasteiger partial charge < -0.3 is 5.11 Å². The third-order valence-electron chi connectivity index (χ3n) is 2.80. The number of nitrogens with one attached hydrogen (secondary N) is 1. The Morgan fingerprint density at radius 3 is 2.62 bits per heavy atom. The second-order valence-electron chi connectivity index (χ2n) is 5.06. The quantitative estimate of drug-likeness (QED) is 0.809. The molecule has 21 heavy (non-hydrogen) atoms. The summed E-state index contributed by atoms with van der Waals surface area (Å²) < 4.78 is 26.5. The van der Waals surface area contributed by atoms with Crippen LogP contribution in [0.3, 0.4) is 0 Å². The van der Waals surface area contributed by atoms with Gasteiger partial charge in [-0.3, -0.25) is 9.78 Å². The molecule has 1 heterocycles. The number of pyridine rings is 1. The van der Waals surface area contributed by atoms with E-state index in [0.29, 0.717) is 5.69 Å². The zero-order valence-electron chi connectivity index (χ0n) is 12.0. The Bertz CT molecular complexity index is 677. The summed E-state index contributed by atoms with van der Waals surface area (Å²) in [7, 11) is -4.04. The van der Waals surface area contributed by atoms with Gasteiger partial charge in [0.25, 0.3) is 0 Å².